The minimum atomic E-state index is -0.469. The Morgan fingerprint density at radius 1 is 1.83 bits per heavy atom. The zero-order chi connectivity index (χ0) is 8.55. The summed E-state index contributed by atoms with van der Waals surface area (Å²) >= 11 is 0. The molecule has 4 N–H and O–H groups in total. The summed E-state index contributed by atoms with van der Waals surface area (Å²) in [4.78, 5) is 16.6. The van der Waals surface area contributed by atoms with Gasteiger partial charge in [0.2, 0.25) is 0 Å². The second kappa shape index (κ2) is 2.49. The molecule has 1 atom stereocenters. The largest absolute Gasteiger partial charge is 0.367 e. The van der Waals surface area contributed by atoms with Crippen LogP contribution in [0.15, 0.2) is 17.0 Å². The molecule has 64 valence electrons. The van der Waals surface area contributed by atoms with Gasteiger partial charge in [0.1, 0.15) is 5.82 Å². The number of hydrogen-bond acceptors (Lipinski definition) is 5. The fraction of sp³-hybridized carbons (Fsp3) is 0.333. The van der Waals surface area contributed by atoms with Crippen LogP contribution in [0.5, 0.6) is 0 Å². The molecule has 0 saturated carbocycles. The van der Waals surface area contributed by atoms with Crippen LogP contribution in [0.4, 0.5) is 0 Å². The van der Waals surface area contributed by atoms with Gasteiger partial charge in [-0.1, -0.05) is 0 Å². The number of rotatable bonds is 1. The first-order chi connectivity index (χ1) is 5.79. The van der Waals surface area contributed by atoms with E-state index in [2.05, 4.69) is 15.8 Å². The standard InChI is InChI=1S/C6H9N5O/c7-5(12)6-10-9-4-3-8-1-2-11(4)6/h1,3,6,9-10H,2H2,(H2,7,12). The maximum Gasteiger partial charge on any atom is 0.256 e. The highest BCUT2D eigenvalue weighted by molar-refractivity contribution is 5.81. The minimum Gasteiger partial charge on any atom is -0.367 e. The number of carbonyl (C=O) groups is 1. The molecule has 2 aliphatic rings. The van der Waals surface area contributed by atoms with Gasteiger partial charge in [0, 0.05) is 6.21 Å². The highest BCUT2D eigenvalue weighted by Crippen LogP contribution is 2.11. The van der Waals surface area contributed by atoms with Crippen LogP contribution in [0.3, 0.4) is 0 Å². The number of hydrazine groups is 1. The molecule has 0 aromatic rings. The molecule has 1 amide bonds. The highest BCUT2D eigenvalue weighted by Gasteiger charge is 2.31. The maximum absolute atomic E-state index is 10.9. The maximum atomic E-state index is 10.9. The van der Waals surface area contributed by atoms with Gasteiger partial charge in [-0.05, 0) is 0 Å². The molecular weight excluding hydrogens is 158 g/mol. The third-order valence-electron chi connectivity index (χ3n) is 1.81. The van der Waals surface area contributed by atoms with Gasteiger partial charge in [-0.3, -0.25) is 9.79 Å². The molecule has 2 aliphatic heterocycles. The Labute approximate surface area is 69.1 Å². The van der Waals surface area contributed by atoms with Gasteiger partial charge in [0.25, 0.3) is 5.91 Å². The van der Waals surface area contributed by atoms with Crippen molar-refractivity contribution in [1.82, 2.24) is 15.8 Å². The molecule has 2 heterocycles. The lowest BCUT2D eigenvalue weighted by molar-refractivity contribution is -0.122. The average Bonchev–Trinajstić information content (AvgIpc) is 2.47. The summed E-state index contributed by atoms with van der Waals surface area (Å²) in [7, 11) is 0. The molecule has 1 unspecified atom stereocenters. The van der Waals surface area contributed by atoms with Crippen molar-refractivity contribution >= 4 is 12.1 Å². The Bertz CT molecular complexity index is 271. The van der Waals surface area contributed by atoms with Crippen LogP contribution in [0.2, 0.25) is 0 Å². The van der Waals surface area contributed by atoms with Crippen molar-refractivity contribution in [3.63, 3.8) is 0 Å². The second-order valence-electron chi connectivity index (χ2n) is 2.57. The first-order valence-electron chi connectivity index (χ1n) is 3.58. The summed E-state index contributed by atoms with van der Waals surface area (Å²) in [6.45, 7) is 0.597. The van der Waals surface area contributed by atoms with Crippen molar-refractivity contribution in [2.75, 3.05) is 6.54 Å². The van der Waals surface area contributed by atoms with Gasteiger partial charge >= 0.3 is 0 Å². The fourth-order valence-corrected chi connectivity index (χ4v) is 1.22. The number of aliphatic imine (C=N–C) groups is 1. The highest BCUT2D eigenvalue weighted by atomic mass is 16.2. The quantitative estimate of drug-likeness (QED) is 0.425. The normalized spacial score (nSPS) is 26.2. The van der Waals surface area contributed by atoms with Crippen molar-refractivity contribution in [2.45, 2.75) is 6.17 Å². The number of primary amides is 1. The molecule has 0 aromatic heterocycles. The van der Waals surface area contributed by atoms with Crippen molar-refractivity contribution in [2.24, 2.45) is 10.7 Å². The molecule has 1 saturated heterocycles. The van der Waals surface area contributed by atoms with Crippen molar-refractivity contribution in [1.29, 1.82) is 0 Å². The third kappa shape index (κ3) is 0.928. The van der Waals surface area contributed by atoms with E-state index in [1.807, 2.05) is 0 Å². The molecular formula is C6H9N5O. The number of carbonyl (C=O) groups excluding carboxylic acids is 1. The zero-order valence-electron chi connectivity index (χ0n) is 6.32. The summed E-state index contributed by atoms with van der Waals surface area (Å²) in [5.41, 5.74) is 10.7. The molecule has 0 bridgehead atoms. The Morgan fingerprint density at radius 3 is 3.42 bits per heavy atom. The Morgan fingerprint density at radius 2 is 2.67 bits per heavy atom. The van der Waals surface area contributed by atoms with Gasteiger partial charge in [0.15, 0.2) is 6.17 Å². The smallest absolute Gasteiger partial charge is 0.256 e. The first-order valence-corrected chi connectivity index (χ1v) is 3.58. The summed E-state index contributed by atoms with van der Waals surface area (Å²) in [6.07, 6.45) is 2.89. The molecule has 0 aromatic carbocycles. The molecule has 0 aliphatic carbocycles. The van der Waals surface area contributed by atoms with E-state index in [1.54, 1.807) is 17.3 Å². The number of fused-ring (bicyclic) bond motifs is 1. The molecule has 12 heavy (non-hydrogen) atoms. The van der Waals surface area contributed by atoms with E-state index in [0.717, 1.165) is 5.82 Å². The van der Waals surface area contributed by atoms with Crippen LogP contribution in [0, 0.1) is 0 Å². The predicted molar refractivity (Wildman–Crippen MR) is 42.5 cm³/mol. The summed E-state index contributed by atoms with van der Waals surface area (Å²) < 4.78 is 0. The van der Waals surface area contributed by atoms with Gasteiger partial charge in [-0.15, -0.1) is 0 Å². The first kappa shape index (κ1) is 7.11. The lowest BCUT2D eigenvalue weighted by Gasteiger charge is -2.22. The fourth-order valence-electron chi connectivity index (χ4n) is 1.22. The monoisotopic (exact) mass is 167 g/mol. The minimum absolute atomic E-state index is 0.402. The zero-order valence-corrected chi connectivity index (χ0v) is 6.32. The summed E-state index contributed by atoms with van der Waals surface area (Å²) in [6, 6.07) is 0. The van der Waals surface area contributed by atoms with E-state index in [0.29, 0.717) is 6.54 Å². The SMILES string of the molecule is NC(=O)C1NNC2=CN=CCN21. The van der Waals surface area contributed by atoms with Crippen molar-refractivity contribution in [3.05, 3.63) is 12.0 Å². The van der Waals surface area contributed by atoms with E-state index in [-0.39, 0.29) is 0 Å². The van der Waals surface area contributed by atoms with E-state index >= 15 is 0 Å². The average molecular weight is 167 g/mol. The van der Waals surface area contributed by atoms with Crippen LogP contribution < -0.4 is 16.6 Å². The second-order valence-corrected chi connectivity index (χ2v) is 2.57. The van der Waals surface area contributed by atoms with Gasteiger partial charge in [-0.25, -0.2) is 5.43 Å². The van der Waals surface area contributed by atoms with Crippen molar-refractivity contribution < 1.29 is 4.79 Å². The van der Waals surface area contributed by atoms with E-state index in [4.69, 9.17) is 5.73 Å². The lowest BCUT2D eigenvalue weighted by Crippen LogP contribution is -2.47. The Hall–Kier alpha value is -1.56. The molecule has 1 fully saturated rings. The number of nitrogens with zero attached hydrogens (tertiary/aromatic N) is 2. The van der Waals surface area contributed by atoms with Gasteiger partial charge < -0.3 is 16.1 Å². The van der Waals surface area contributed by atoms with Crippen LogP contribution in [-0.4, -0.2) is 29.7 Å². The molecule has 6 heteroatoms. The van der Waals surface area contributed by atoms with Crippen molar-refractivity contribution in [3.8, 4) is 0 Å². The van der Waals surface area contributed by atoms with Crippen LogP contribution in [0.1, 0.15) is 0 Å². The van der Waals surface area contributed by atoms with E-state index in [9.17, 15) is 4.79 Å². The van der Waals surface area contributed by atoms with E-state index < -0.39 is 12.1 Å². The predicted octanol–water partition coefficient (Wildman–Crippen LogP) is -1.91. The third-order valence-corrected chi connectivity index (χ3v) is 1.81. The molecule has 2 rings (SSSR count). The number of nitrogens with one attached hydrogen (secondary N) is 2. The van der Waals surface area contributed by atoms with Crippen LogP contribution in [-0.2, 0) is 4.79 Å². The summed E-state index contributed by atoms with van der Waals surface area (Å²) in [5.74, 6) is 0.377. The molecule has 0 radical (unpaired) electrons. The number of hydrogen-bond donors (Lipinski definition) is 3. The lowest BCUT2D eigenvalue weighted by atomic mass is 10.4. The summed E-state index contributed by atoms with van der Waals surface area (Å²) in [5, 5.41) is 0. The molecule has 6 nitrogen and oxygen atoms in total. The van der Waals surface area contributed by atoms with Crippen LogP contribution >= 0.6 is 0 Å². The van der Waals surface area contributed by atoms with Gasteiger partial charge in [0.05, 0.1) is 12.7 Å². The van der Waals surface area contributed by atoms with E-state index in [1.165, 1.54) is 0 Å². The number of amides is 1. The Kier molecular flexibility index (Phi) is 1.47. The molecule has 0 spiro atoms. The van der Waals surface area contributed by atoms with Gasteiger partial charge in [-0.2, -0.15) is 0 Å². The Balaban J connectivity index is 2.20. The number of nitrogens with two attached hydrogens (primary N) is 1. The van der Waals surface area contributed by atoms with Crippen LogP contribution in [0.25, 0.3) is 0 Å². The topological polar surface area (TPSA) is 82.8 Å².